The minimum atomic E-state index is -1.04. The molecular formula is C20H20N4O6. The zero-order chi connectivity index (χ0) is 21.3. The maximum absolute atomic E-state index is 12.6. The van der Waals surface area contributed by atoms with Crippen LogP contribution in [-0.2, 0) is 9.53 Å². The fourth-order valence-electron chi connectivity index (χ4n) is 2.54. The molecule has 3 aromatic rings. The van der Waals surface area contributed by atoms with Gasteiger partial charge in [-0.25, -0.2) is 9.78 Å². The van der Waals surface area contributed by atoms with E-state index < -0.39 is 11.9 Å². The van der Waals surface area contributed by atoms with Gasteiger partial charge in [-0.3, -0.25) is 9.89 Å². The molecule has 0 atom stereocenters. The molecule has 30 heavy (non-hydrogen) atoms. The number of carboxylic acids is 1. The van der Waals surface area contributed by atoms with E-state index in [9.17, 15) is 9.59 Å². The molecule has 1 aromatic carbocycles. The molecule has 0 saturated heterocycles. The van der Waals surface area contributed by atoms with Crippen molar-refractivity contribution in [3.8, 4) is 22.9 Å². The fourth-order valence-corrected chi connectivity index (χ4v) is 2.54. The lowest BCUT2D eigenvalue weighted by Crippen LogP contribution is -2.15. The van der Waals surface area contributed by atoms with Gasteiger partial charge in [0, 0.05) is 12.3 Å². The van der Waals surface area contributed by atoms with Gasteiger partial charge in [0.1, 0.15) is 30.4 Å². The number of hydrogen-bond donors (Lipinski definition) is 3. The monoisotopic (exact) mass is 412 g/mol. The number of carboxylic acid groups (broad SMARTS) is 1. The molecule has 1 amide bonds. The molecule has 10 heteroatoms. The summed E-state index contributed by atoms with van der Waals surface area (Å²) < 4.78 is 15.7. The van der Waals surface area contributed by atoms with E-state index in [1.807, 2.05) is 0 Å². The Morgan fingerprint density at radius 2 is 2.03 bits per heavy atom. The average molecular weight is 412 g/mol. The Bertz CT molecular complexity index is 1010. The normalized spacial score (nSPS) is 10.4. The van der Waals surface area contributed by atoms with Crippen LogP contribution in [0.2, 0.25) is 0 Å². The topological polar surface area (TPSA) is 136 Å². The lowest BCUT2D eigenvalue weighted by atomic mass is 10.2. The van der Waals surface area contributed by atoms with E-state index in [1.165, 1.54) is 7.11 Å². The highest BCUT2D eigenvalue weighted by Gasteiger charge is 2.13. The summed E-state index contributed by atoms with van der Waals surface area (Å²) in [6.45, 7) is -0.0782. The second kappa shape index (κ2) is 10.0. The second-order valence-electron chi connectivity index (χ2n) is 5.99. The number of methoxy groups -OCH3 is 1. The number of nitrogens with one attached hydrogen (secondary N) is 2. The highest BCUT2D eigenvalue weighted by Crippen LogP contribution is 2.29. The first kappa shape index (κ1) is 20.8. The summed E-state index contributed by atoms with van der Waals surface area (Å²) in [6.07, 6.45) is 1.61. The third-order valence-corrected chi connectivity index (χ3v) is 3.90. The van der Waals surface area contributed by atoms with Crippen LogP contribution in [0.3, 0.4) is 0 Å². The quantitative estimate of drug-likeness (QED) is 0.431. The number of benzene rings is 1. The maximum Gasteiger partial charge on any atom is 0.329 e. The van der Waals surface area contributed by atoms with E-state index >= 15 is 0 Å². The third-order valence-electron chi connectivity index (χ3n) is 3.90. The van der Waals surface area contributed by atoms with Crippen LogP contribution >= 0.6 is 0 Å². The lowest BCUT2D eigenvalue weighted by Gasteiger charge is -2.13. The summed E-state index contributed by atoms with van der Waals surface area (Å²) in [7, 11) is 1.47. The number of amides is 1. The number of carbonyl (C=O) groups excluding carboxylic acids is 1. The van der Waals surface area contributed by atoms with Crippen LogP contribution in [0.25, 0.3) is 11.4 Å². The molecule has 3 N–H and O–H groups in total. The van der Waals surface area contributed by atoms with Crippen LogP contribution in [-0.4, -0.2) is 59.1 Å². The van der Waals surface area contributed by atoms with E-state index in [0.717, 1.165) is 0 Å². The van der Waals surface area contributed by atoms with E-state index in [0.29, 0.717) is 28.6 Å². The van der Waals surface area contributed by atoms with Crippen molar-refractivity contribution in [2.24, 2.45) is 0 Å². The number of anilines is 1. The highest BCUT2D eigenvalue weighted by molar-refractivity contribution is 6.04. The number of aliphatic carboxylic acids is 1. The van der Waals surface area contributed by atoms with Gasteiger partial charge in [-0.1, -0.05) is 6.07 Å². The van der Waals surface area contributed by atoms with Crippen LogP contribution in [0.5, 0.6) is 11.5 Å². The van der Waals surface area contributed by atoms with Crippen LogP contribution in [0, 0.1) is 0 Å². The summed E-state index contributed by atoms with van der Waals surface area (Å²) in [6, 6.07) is 11.8. The largest absolute Gasteiger partial charge is 0.494 e. The van der Waals surface area contributed by atoms with Gasteiger partial charge in [0.25, 0.3) is 5.91 Å². The summed E-state index contributed by atoms with van der Waals surface area (Å²) in [5.74, 6) is -0.549. The smallest absolute Gasteiger partial charge is 0.329 e. The second-order valence-corrected chi connectivity index (χ2v) is 5.99. The molecule has 0 spiro atoms. The van der Waals surface area contributed by atoms with Crippen molar-refractivity contribution < 1.29 is 28.9 Å². The van der Waals surface area contributed by atoms with Crippen molar-refractivity contribution in [3.63, 3.8) is 0 Å². The van der Waals surface area contributed by atoms with Crippen LogP contribution in [0.1, 0.15) is 10.5 Å². The number of nitrogens with zero attached hydrogens (tertiary/aromatic N) is 2. The van der Waals surface area contributed by atoms with E-state index in [1.54, 1.807) is 48.7 Å². The average Bonchev–Trinajstić information content (AvgIpc) is 3.29. The van der Waals surface area contributed by atoms with Crippen molar-refractivity contribution in [1.29, 1.82) is 0 Å². The number of H-pyrrole nitrogens is 1. The molecule has 10 nitrogen and oxygen atoms in total. The standard InChI is InChI=1S/C20H20N4O6/c1-28-18-11-13(30-10-9-29-12-19(25)26)5-6-16(18)23-20(27)17-4-2-3-14(22-17)15-7-8-21-24-15/h2-8,11H,9-10,12H2,1H3,(H,21,24)(H,23,27)(H,25,26). The lowest BCUT2D eigenvalue weighted by molar-refractivity contribution is -0.142. The van der Waals surface area contributed by atoms with Crippen molar-refractivity contribution in [2.75, 3.05) is 32.2 Å². The Hall–Kier alpha value is -3.92. The Morgan fingerprint density at radius 1 is 1.17 bits per heavy atom. The summed E-state index contributed by atoms with van der Waals surface area (Å²) in [4.78, 5) is 27.4. The Labute approximate surface area is 171 Å². The molecule has 0 radical (unpaired) electrons. The van der Waals surface area contributed by atoms with Gasteiger partial charge in [0.15, 0.2) is 0 Å². The van der Waals surface area contributed by atoms with Gasteiger partial charge in [-0.2, -0.15) is 5.10 Å². The molecule has 2 aromatic heterocycles. The molecule has 0 unspecified atom stereocenters. The summed E-state index contributed by atoms with van der Waals surface area (Å²) >= 11 is 0. The number of carbonyl (C=O) groups is 2. The van der Waals surface area contributed by atoms with E-state index in [2.05, 4.69) is 20.5 Å². The maximum atomic E-state index is 12.6. The molecule has 3 rings (SSSR count). The summed E-state index contributed by atoms with van der Waals surface area (Å²) in [5.41, 5.74) is 1.99. The van der Waals surface area contributed by atoms with Crippen LogP contribution in [0.15, 0.2) is 48.7 Å². The molecule has 0 saturated carbocycles. The first-order valence-electron chi connectivity index (χ1n) is 8.95. The van der Waals surface area contributed by atoms with Gasteiger partial charge in [-0.15, -0.1) is 0 Å². The molecule has 2 heterocycles. The summed E-state index contributed by atoms with van der Waals surface area (Å²) in [5, 5.41) is 18.0. The van der Waals surface area contributed by atoms with Gasteiger partial charge in [-0.05, 0) is 30.3 Å². The van der Waals surface area contributed by atoms with Gasteiger partial charge >= 0.3 is 5.97 Å². The predicted molar refractivity (Wildman–Crippen MR) is 107 cm³/mol. The number of pyridine rings is 1. The zero-order valence-corrected chi connectivity index (χ0v) is 16.1. The van der Waals surface area contributed by atoms with Crippen molar-refractivity contribution in [2.45, 2.75) is 0 Å². The molecular weight excluding hydrogens is 392 g/mol. The van der Waals surface area contributed by atoms with Crippen LogP contribution in [0.4, 0.5) is 5.69 Å². The number of hydrogen-bond acceptors (Lipinski definition) is 7. The predicted octanol–water partition coefficient (Wildman–Crippen LogP) is 2.21. The fraction of sp³-hybridized carbons (Fsp3) is 0.200. The highest BCUT2D eigenvalue weighted by atomic mass is 16.5. The molecule has 0 aliphatic carbocycles. The van der Waals surface area contributed by atoms with Crippen LogP contribution < -0.4 is 14.8 Å². The molecule has 0 aliphatic heterocycles. The third kappa shape index (κ3) is 5.55. The number of aromatic amines is 1. The zero-order valence-electron chi connectivity index (χ0n) is 16.1. The van der Waals surface area contributed by atoms with Gasteiger partial charge in [0.05, 0.1) is 30.8 Å². The van der Waals surface area contributed by atoms with Gasteiger partial charge in [0.2, 0.25) is 0 Å². The molecule has 0 bridgehead atoms. The van der Waals surface area contributed by atoms with Crippen molar-refractivity contribution >= 4 is 17.6 Å². The van der Waals surface area contributed by atoms with Crippen molar-refractivity contribution in [1.82, 2.24) is 15.2 Å². The first-order valence-corrected chi connectivity index (χ1v) is 8.95. The van der Waals surface area contributed by atoms with Gasteiger partial charge < -0.3 is 24.6 Å². The number of rotatable bonds is 10. The Balaban J connectivity index is 1.64. The minimum absolute atomic E-state index is 0.130. The SMILES string of the molecule is COc1cc(OCCOCC(=O)O)ccc1NC(=O)c1cccc(-c2ccn[nH]2)n1. The Morgan fingerprint density at radius 3 is 2.77 bits per heavy atom. The molecule has 0 aliphatic rings. The Kier molecular flexibility index (Phi) is 6.95. The number of ether oxygens (including phenoxy) is 3. The minimum Gasteiger partial charge on any atom is -0.494 e. The number of aromatic nitrogens is 3. The first-order chi connectivity index (χ1) is 14.6. The van der Waals surface area contributed by atoms with E-state index in [-0.39, 0.29) is 25.5 Å². The molecule has 156 valence electrons. The molecule has 0 fully saturated rings. The van der Waals surface area contributed by atoms with Crippen molar-refractivity contribution in [3.05, 3.63) is 54.4 Å². The van der Waals surface area contributed by atoms with E-state index in [4.69, 9.17) is 19.3 Å².